The molecule has 1 saturated heterocycles. The molecule has 8 nitrogen and oxygen atoms in total. The van der Waals surface area contributed by atoms with Crippen LogP contribution in [0.5, 0.6) is 0 Å². The van der Waals surface area contributed by atoms with Crippen LogP contribution in [0.15, 0.2) is 29.1 Å². The summed E-state index contributed by atoms with van der Waals surface area (Å²) >= 11 is 0. The lowest BCUT2D eigenvalue weighted by Crippen LogP contribution is -2.39. The molecule has 0 saturated carbocycles. The minimum Gasteiger partial charge on any atom is -0.338 e. The van der Waals surface area contributed by atoms with E-state index in [4.69, 9.17) is 0 Å². The van der Waals surface area contributed by atoms with E-state index >= 15 is 0 Å². The van der Waals surface area contributed by atoms with Gasteiger partial charge in [-0.2, -0.15) is 15.4 Å². The van der Waals surface area contributed by atoms with Gasteiger partial charge in [-0.25, -0.2) is 4.98 Å². The smallest absolute Gasteiger partial charge is 0.253 e. The van der Waals surface area contributed by atoms with Gasteiger partial charge >= 0.3 is 0 Å². The van der Waals surface area contributed by atoms with Crippen molar-refractivity contribution >= 4 is 16.9 Å². The van der Waals surface area contributed by atoms with Gasteiger partial charge in [-0.3, -0.25) is 9.59 Å². The largest absolute Gasteiger partial charge is 0.338 e. The van der Waals surface area contributed by atoms with E-state index in [1.165, 1.54) is 6.07 Å². The summed E-state index contributed by atoms with van der Waals surface area (Å²) in [5, 5.41) is 10.6. The second-order valence-electron chi connectivity index (χ2n) is 6.37. The molecule has 2 N–H and O–H groups in total. The topological polar surface area (TPSA) is 108 Å². The number of hydrogen-bond donors (Lipinski definition) is 2. The molecule has 1 aromatic carbocycles. The number of aryl methyl sites for hydroxylation is 1. The fourth-order valence-electron chi connectivity index (χ4n) is 3.37. The number of nitrogens with zero attached hydrogens (tertiary/aromatic N) is 4. The zero-order valence-corrected chi connectivity index (χ0v) is 13.8. The third-order valence-electron chi connectivity index (χ3n) is 4.57. The maximum Gasteiger partial charge on any atom is 0.253 e. The summed E-state index contributed by atoms with van der Waals surface area (Å²) in [6.07, 6.45) is 1.80. The number of rotatable bonds is 2. The molecule has 0 spiro atoms. The van der Waals surface area contributed by atoms with Crippen molar-refractivity contribution in [3.8, 4) is 0 Å². The molecule has 0 radical (unpaired) electrons. The van der Waals surface area contributed by atoms with Crippen LogP contribution >= 0.6 is 0 Å². The van der Waals surface area contributed by atoms with Gasteiger partial charge in [0.15, 0.2) is 0 Å². The number of nitrogens with one attached hydrogen (secondary N) is 2. The third kappa shape index (κ3) is 3.02. The minimum atomic E-state index is -0.151. The number of carbonyl (C=O) groups excluding carboxylic acids is 1. The molecule has 4 rings (SSSR count). The summed E-state index contributed by atoms with van der Waals surface area (Å²) < 4.78 is 0. The van der Waals surface area contributed by atoms with Crippen molar-refractivity contribution < 1.29 is 4.79 Å². The number of fused-ring (bicyclic) bond motifs is 1. The Labute approximate surface area is 143 Å². The summed E-state index contributed by atoms with van der Waals surface area (Å²) in [5.74, 6) is 0.646. The van der Waals surface area contributed by atoms with Gasteiger partial charge < -0.3 is 9.88 Å². The number of aromatic nitrogens is 5. The number of H-pyrrole nitrogens is 2. The normalized spacial score (nSPS) is 17.8. The lowest BCUT2D eigenvalue weighted by Gasteiger charge is -2.32. The number of amides is 1. The summed E-state index contributed by atoms with van der Waals surface area (Å²) in [6.45, 7) is 3.03. The first-order valence-corrected chi connectivity index (χ1v) is 8.28. The maximum atomic E-state index is 12.9. The Bertz CT molecular complexity index is 992. The molecular weight excluding hydrogens is 320 g/mol. The predicted molar refractivity (Wildman–Crippen MR) is 91.4 cm³/mol. The van der Waals surface area contributed by atoms with Crippen molar-refractivity contribution in [1.82, 2.24) is 30.3 Å². The standard InChI is InChI=1S/C17H18N6O2/c1-10-18-14(8-16(24)19-10)12-3-2-6-23(9-12)17(25)11-4-5-13-15(7-11)21-22-20-13/h4-5,7-8,12H,2-3,6,9H2,1H3,(H,18,19,24)(H,20,21,22)/t12-/m1/s1. The highest BCUT2D eigenvalue weighted by Crippen LogP contribution is 2.26. The quantitative estimate of drug-likeness (QED) is 0.734. The zero-order valence-electron chi connectivity index (χ0n) is 13.8. The van der Waals surface area contributed by atoms with Gasteiger partial charge in [0.25, 0.3) is 11.5 Å². The molecule has 0 unspecified atom stereocenters. The predicted octanol–water partition coefficient (Wildman–Crippen LogP) is 1.37. The first kappa shape index (κ1) is 15.5. The van der Waals surface area contributed by atoms with Crippen molar-refractivity contribution in [2.75, 3.05) is 13.1 Å². The van der Waals surface area contributed by atoms with Crippen LogP contribution in [-0.2, 0) is 0 Å². The highest BCUT2D eigenvalue weighted by Gasteiger charge is 2.27. The Kier molecular flexibility index (Phi) is 3.79. The van der Waals surface area contributed by atoms with Crippen molar-refractivity contribution in [3.63, 3.8) is 0 Å². The van der Waals surface area contributed by atoms with Crippen LogP contribution in [0, 0.1) is 6.92 Å². The van der Waals surface area contributed by atoms with E-state index in [0.29, 0.717) is 30.0 Å². The Morgan fingerprint density at radius 1 is 1.24 bits per heavy atom. The summed E-state index contributed by atoms with van der Waals surface area (Å²) in [4.78, 5) is 33.5. The Morgan fingerprint density at radius 3 is 2.92 bits per heavy atom. The van der Waals surface area contributed by atoms with Gasteiger partial charge in [0.05, 0.1) is 5.69 Å². The van der Waals surface area contributed by atoms with Crippen molar-refractivity contribution in [2.24, 2.45) is 0 Å². The molecule has 3 aromatic rings. The molecule has 1 aliphatic rings. The second kappa shape index (κ2) is 6.12. The highest BCUT2D eigenvalue weighted by atomic mass is 16.2. The van der Waals surface area contributed by atoms with Crippen LogP contribution in [0.2, 0.25) is 0 Å². The van der Waals surface area contributed by atoms with Gasteiger partial charge in [0.2, 0.25) is 0 Å². The minimum absolute atomic E-state index is 0.0313. The van der Waals surface area contributed by atoms with Crippen molar-refractivity contribution in [3.05, 3.63) is 51.7 Å². The summed E-state index contributed by atoms with van der Waals surface area (Å²) in [7, 11) is 0. The molecule has 25 heavy (non-hydrogen) atoms. The number of benzene rings is 1. The van der Waals surface area contributed by atoms with E-state index in [-0.39, 0.29) is 17.4 Å². The van der Waals surface area contributed by atoms with Gasteiger partial charge in [-0.15, -0.1) is 0 Å². The van der Waals surface area contributed by atoms with E-state index in [2.05, 4.69) is 25.4 Å². The van der Waals surface area contributed by atoms with Crippen LogP contribution in [-0.4, -0.2) is 49.3 Å². The zero-order chi connectivity index (χ0) is 17.4. The number of aromatic amines is 2. The molecule has 1 amide bonds. The maximum absolute atomic E-state index is 12.9. The Hall–Kier alpha value is -3.03. The fourth-order valence-corrected chi connectivity index (χ4v) is 3.37. The molecule has 3 heterocycles. The lowest BCUT2D eigenvalue weighted by atomic mass is 9.94. The van der Waals surface area contributed by atoms with E-state index in [1.807, 2.05) is 4.90 Å². The molecule has 0 aliphatic carbocycles. The summed E-state index contributed by atoms with van der Waals surface area (Å²) in [6, 6.07) is 6.84. The van der Waals surface area contributed by atoms with Crippen LogP contribution < -0.4 is 5.56 Å². The molecule has 128 valence electrons. The van der Waals surface area contributed by atoms with Gasteiger partial charge in [-0.1, -0.05) is 0 Å². The SMILES string of the molecule is Cc1nc([C@@H]2CCCN(C(=O)c3ccc4n[nH]nc4c3)C2)cc(=O)[nH]1. The van der Waals surface area contributed by atoms with Gasteiger partial charge in [0, 0.05) is 30.6 Å². The molecule has 1 aliphatic heterocycles. The van der Waals surface area contributed by atoms with E-state index in [1.54, 1.807) is 25.1 Å². The Balaban J connectivity index is 1.57. The molecule has 1 atom stereocenters. The number of likely N-dealkylation sites (tertiary alicyclic amines) is 1. The average molecular weight is 338 g/mol. The number of hydrogen-bond acceptors (Lipinski definition) is 5. The number of carbonyl (C=O) groups is 1. The van der Waals surface area contributed by atoms with Crippen molar-refractivity contribution in [2.45, 2.75) is 25.7 Å². The third-order valence-corrected chi connectivity index (χ3v) is 4.57. The van der Waals surface area contributed by atoms with Gasteiger partial charge in [0.1, 0.15) is 16.9 Å². The fraction of sp³-hybridized carbons (Fsp3) is 0.353. The average Bonchev–Trinajstić information content (AvgIpc) is 3.08. The van der Waals surface area contributed by atoms with E-state index in [9.17, 15) is 9.59 Å². The molecule has 1 fully saturated rings. The number of piperidine rings is 1. The molecule has 8 heteroatoms. The Morgan fingerprint density at radius 2 is 2.08 bits per heavy atom. The first-order valence-electron chi connectivity index (χ1n) is 8.28. The van der Waals surface area contributed by atoms with Crippen molar-refractivity contribution in [1.29, 1.82) is 0 Å². The molecule has 2 aromatic heterocycles. The van der Waals surface area contributed by atoms with Gasteiger partial charge in [-0.05, 0) is 38.0 Å². The van der Waals surface area contributed by atoms with E-state index in [0.717, 1.165) is 24.1 Å². The van der Waals surface area contributed by atoms with Crippen LogP contribution in [0.1, 0.15) is 40.6 Å². The second-order valence-corrected chi connectivity index (χ2v) is 6.37. The van der Waals surface area contributed by atoms with Crippen LogP contribution in [0.3, 0.4) is 0 Å². The highest BCUT2D eigenvalue weighted by molar-refractivity contribution is 5.97. The van der Waals surface area contributed by atoms with Crippen LogP contribution in [0.4, 0.5) is 0 Å². The first-order chi connectivity index (χ1) is 12.1. The monoisotopic (exact) mass is 338 g/mol. The molecule has 0 bridgehead atoms. The summed E-state index contributed by atoms with van der Waals surface area (Å²) in [5.41, 5.74) is 2.60. The van der Waals surface area contributed by atoms with Crippen LogP contribution in [0.25, 0.3) is 11.0 Å². The lowest BCUT2D eigenvalue weighted by molar-refractivity contribution is 0.0706. The van der Waals surface area contributed by atoms with E-state index < -0.39 is 0 Å². The molecular formula is C17H18N6O2.